The summed E-state index contributed by atoms with van der Waals surface area (Å²) < 4.78 is 0. The summed E-state index contributed by atoms with van der Waals surface area (Å²) in [5.74, 6) is 1.24. The van der Waals surface area contributed by atoms with E-state index in [2.05, 4.69) is 15.3 Å². The van der Waals surface area contributed by atoms with E-state index in [0.29, 0.717) is 5.92 Å². The number of nitrogens with one attached hydrogen (secondary N) is 1. The SMILES string of the molecule is O[C@@H]1CCCC[C@H]1CNc1ncnc2sccc12. The predicted octanol–water partition coefficient (Wildman–Crippen LogP) is 2.65. The van der Waals surface area contributed by atoms with Gasteiger partial charge in [-0.2, -0.15) is 0 Å². The van der Waals surface area contributed by atoms with E-state index < -0.39 is 0 Å². The molecule has 96 valence electrons. The third-order valence-electron chi connectivity index (χ3n) is 3.66. The minimum atomic E-state index is -0.161. The van der Waals surface area contributed by atoms with Crippen LogP contribution >= 0.6 is 11.3 Å². The predicted molar refractivity (Wildman–Crippen MR) is 73.9 cm³/mol. The van der Waals surface area contributed by atoms with Crippen molar-refractivity contribution in [1.82, 2.24) is 9.97 Å². The second-order valence-corrected chi connectivity index (χ2v) is 5.75. The van der Waals surface area contributed by atoms with Crippen molar-refractivity contribution in [3.8, 4) is 0 Å². The topological polar surface area (TPSA) is 58.0 Å². The van der Waals surface area contributed by atoms with Gasteiger partial charge in [-0.3, -0.25) is 0 Å². The molecule has 0 bridgehead atoms. The van der Waals surface area contributed by atoms with Crippen molar-refractivity contribution in [2.75, 3.05) is 11.9 Å². The van der Waals surface area contributed by atoms with E-state index in [0.717, 1.165) is 41.8 Å². The van der Waals surface area contributed by atoms with Crippen LogP contribution in [0.1, 0.15) is 25.7 Å². The van der Waals surface area contributed by atoms with Gasteiger partial charge in [0.25, 0.3) is 0 Å². The molecule has 1 aliphatic rings. The van der Waals surface area contributed by atoms with E-state index in [4.69, 9.17) is 0 Å². The van der Waals surface area contributed by atoms with Crippen LogP contribution in [-0.2, 0) is 0 Å². The van der Waals surface area contributed by atoms with Crippen LogP contribution < -0.4 is 5.32 Å². The molecule has 0 aliphatic heterocycles. The minimum Gasteiger partial charge on any atom is -0.393 e. The normalized spacial score (nSPS) is 24.3. The van der Waals surface area contributed by atoms with E-state index in [9.17, 15) is 5.11 Å². The lowest BCUT2D eigenvalue weighted by molar-refractivity contribution is 0.0763. The first-order valence-corrected chi connectivity index (χ1v) is 7.32. The maximum atomic E-state index is 9.95. The van der Waals surface area contributed by atoms with Crippen molar-refractivity contribution in [2.45, 2.75) is 31.8 Å². The molecule has 1 saturated carbocycles. The van der Waals surface area contributed by atoms with Crippen molar-refractivity contribution in [1.29, 1.82) is 0 Å². The maximum absolute atomic E-state index is 9.95. The average Bonchev–Trinajstić information content (AvgIpc) is 2.86. The second kappa shape index (κ2) is 5.20. The molecule has 1 aliphatic carbocycles. The Bertz CT molecular complexity index is 528. The Morgan fingerprint density at radius 1 is 1.33 bits per heavy atom. The van der Waals surface area contributed by atoms with Gasteiger partial charge in [-0.1, -0.05) is 12.8 Å². The average molecular weight is 263 g/mol. The van der Waals surface area contributed by atoms with E-state index in [-0.39, 0.29) is 6.10 Å². The van der Waals surface area contributed by atoms with Crippen molar-refractivity contribution in [3.63, 3.8) is 0 Å². The molecule has 0 saturated heterocycles. The van der Waals surface area contributed by atoms with Gasteiger partial charge in [-0.15, -0.1) is 11.3 Å². The summed E-state index contributed by atoms with van der Waals surface area (Å²) in [6.45, 7) is 0.795. The van der Waals surface area contributed by atoms with E-state index >= 15 is 0 Å². The Hall–Kier alpha value is -1.20. The summed E-state index contributed by atoms with van der Waals surface area (Å²) in [5, 5.41) is 16.4. The second-order valence-electron chi connectivity index (χ2n) is 4.85. The highest BCUT2D eigenvalue weighted by Crippen LogP contribution is 2.27. The van der Waals surface area contributed by atoms with Gasteiger partial charge < -0.3 is 10.4 Å². The first kappa shape index (κ1) is 11.9. The Balaban J connectivity index is 1.71. The first-order chi connectivity index (χ1) is 8.84. The fourth-order valence-corrected chi connectivity index (χ4v) is 3.32. The highest BCUT2D eigenvalue weighted by molar-refractivity contribution is 7.16. The van der Waals surface area contributed by atoms with Gasteiger partial charge in [-0.05, 0) is 24.3 Å². The van der Waals surface area contributed by atoms with Crippen LogP contribution in [0.15, 0.2) is 17.8 Å². The number of hydrogen-bond acceptors (Lipinski definition) is 5. The van der Waals surface area contributed by atoms with Crippen molar-refractivity contribution in [3.05, 3.63) is 17.8 Å². The molecule has 2 atom stereocenters. The molecular weight excluding hydrogens is 246 g/mol. The zero-order valence-corrected chi connectivity index (χ0v) is 11.0. The molecule has 2 N–H and O–H groups in total. The van der Waals surface area contributed by atoms with Crippen molar-refractivity contribution < 1.29 is 5.11 Å². The standard InChI is InChI=1S/C13H17N3OS/c17-11-4-2-1-3-9(11)7-14-12-10-5-6-18-13(10)16-8-15-12/h5-6,8-9,11,17H,1-4,7H2,(H,14,15,16)/t9-,11+/m0/s1. The number of aliphatic hydroxyl groups excluding tert-OH is 1. The van der Waals surface area contributed by atoms with E-state index in [1.54, 1.807) is 17.7 Å². The third kappa shape index (κ3) is 2.33. The summed E-state index contributed by atoms with van der Waals surface area (Å²) in [6, 6.07) is 2.04. The van der Waals surface area contributed by atoms with Crippen molar-refractivity contribution in [2.24, 2.45) is 5.92 Å². The third-order valence-corrected chi connectivity index (χ3v) is 4.48. The highest BCUT2D eigenvalue weighted by Gasteiger charge is 2.22. The smallest absolute Gasteiger partial charge is 0.138 e. The number of aromatic nitrogens is 2. The zero-order chi connectivity index (χ0) is 12.4. The Labute approximate surface area is 110 Å². The molecule has 0 radical (unpaired) electrons. The molecule has 3 rings (SSSR count). The summed E-state index contributed by atoms with van der Waals surface area (Å²) in [6.07, 6.45) is 5.85. The molecule has 0 unspecified atom stereocenters. The van der Waals surface area contributed by atoms with E-state index in [1.807, 2.05) is 11.4 Å². The number of aliphatic hydroxyl groups is 1. The van der Waals surface area contributed by atoms with Gasteiger partial charge in [-0.25, -0.2) is 9.97 Å². The fraction of sp³-hybridized carbons (Fsp3) is 0.538. The molecule has 0 amide bonds. The monoisotopic (exact) mass is 263 g/mol. The molecule has 4 nitrogen and oxygen atoms in total. The first-order valence-electron chi connectivity index (χ1n) is 6.45. The lowest BCUT2D eigenvalue weighted by Gasteiger charge is -2.27. The Morgan fingerprint density at radius 3 is 3.11 bits per heavy atom. The molecule has 18 heavy (non-hydrogen) atoms. The molecule has 2 aromatic heterocycles. The van der Waals surface area contributed by atoms with Crippen LogP contribution in [-0.4, -0.2) is 27.7 Å². The molecule has 0 aromatic carbocycles. The molecule has 0 spiro atoms. The van der Waals surface area contributed by atoms with E-state index in [1.165, 1.54) is 6.42 Å². The quantitative estimate of drug-likeness (QED) is 0.894. The Kier molecular flexibility index (Phi) is 3.43. The fourth-order valence-electron chi connectivity index (χ4n) is 2.58. The van der Waals surface area contributed by atoms with Crippen LogP contribution in [0, 0.1) is 5.92 Å². The molecule has 1 fully saturated rings. The summed E-state index contributed by atoms with van der Waals surface area (Å²) in [4.78, 5) is 9.53. The number of hydrogen-bond donors (Lipinski definition) is 2. The minimum absolute atomic E-state index is 0.161. The Morgan fingerprint density at radius 2 is 2.22 bits per heavy atom. The largest absolute Gasteiger partial charge is 0.393 e. The van der Waals surface area contributed by atoms with Gasteiger partial charge in [0.05, 0.1) is 11.5 Å². The van der Waals surface area contributed by atoms with Gasteiger partial charge in [0.15, 0.2) is 0 Å². The number of thiophene rings is 1. The van der Waals surface area contributed by atoms with Crippen LogP contribution in [0.5, 0.6) is 0 Å². The van der Waals surface area contributed by atoms with Gasteiger partial charge in [0.2, 0.25) is 0 Å². The molecule has 5 heteroatoms. The number of rotatable bonds is 3. The van der Waals surface area contributed by atoms with Crippen LogP contribution in [0.4, 0.5) is 5.82 Å². The summed E-state index contributed by atoms with van der Waals surface area (Å²) >= 11 is 1.62. The van der Waals surface area contributed by atoms with Crippen LogP contribution in [0.25, 0.3) is 10.2 Å². The number of fused-ring (bicyclic) bond motifs is 1. The van der Waals surface area contributed by atoms with Crippen LogP contribution in [0.3, 0.4) is 0 Å². The highest BCUT2D eigenvalue weighted by atomic mass is 32.1. The van der Waals surface area contributed by atoms with Gasteiger partial charge >= 0.3 is 0 Å². The summed E-state index contributed by atoms with van der Waals surface area (Å²) in [5.41, 5.74) is 0. The maximum Gasteiger partial charge on any atom is 0.138 e. The number of nitrogens with zero attached hydrogens (tertiary/aromatic N) is 2. The van der Waals surface area contributed by atoms with Crippen molar-refractivity contribution >= 4 is 27.4 Å². The molecule has 2 heterocycles. The molecular formula is C13H17N3OS. The van der Waals surface area contributed by atoms with Gasteiger partial charge in [0.1, 0.15) is 17.0 Å². The zero-order valence-electron chi connectivity index (χ0n) is 10.2. The lowest BCUT2D eigenvalue weighted by atomic mass is 9.86. The van der Waals surface area contributed by atoms with Gasteiger partial charge in [0, 0.05) is 12.5 Å². The lowest BCUT2D eigenvalue weighted by Crippen LogP contribution is -2.30. The van der Waals surface area contributed by atoms with Crippen LogP contribution in [0.2, 0.25) is 0 Å². The number of anilines is 1. The summed E-state index contributed by atoms with van der Waals surface area (Å²) in [7, 11) is 0. The molecule has 2 aromatic rings.